The highest BCUT2D eigenvalue weighted by molar-refractivity contribution is 5.97. The van der Waals surface area contributed by atoms with Crippen LogP contribution in [0.4, 0.5) is 0 Å². The molecule has 1 N–H and O–H groups in total. The summed E-state index contributed by atoms with van der Waals surface area (Å²) in [5.74, 6) is -3.87. The van der Waals surface area contributed by atoms with Crippen LogP contribution < -0.4 is 9.47 Å². The average Bonchev–Trinajstić information content (AvgIpc) is 3.47. The summed E-state index contributed by atoms with van der Waals surface area (Å²) in [6.45, 7) is -5.86. The average molecular weight is 402 g/mol. The second-order valence-corrected chi connectivity index (χ2v) is 6.57. The van der Waals surface area contributed by atoms with Crippen LogP contribution >= 0.6 is 0 Å². The summed E-state index contributed by atoms with van der Waals surface area (Å²) < 4.78 is 119. The molecule has 1 aromatic heterocycles. The van der Waals surface area contributed by atoms with Gasteiger partial charge in [-0.25, -0.2) is 0 Å². The van der Waals surface area contributed by atoms with E-state index in [1.807, 2.05) is 0 Å². The van der Waals surface area contributed by atoms with Gasteiger partial charge in [0.2, 0.25) is 18.6 Å². The molecule has 146 valence electrons. The lowest BCUT2D eigenvalue weighted by atomic mass is 9.86. The highest BCUT2D eigenvalue weighted by Crippen LogP contribution is 2.44. The SMILES string of the molecule is [2H]c1c([2H])c(C2c3[nH]c4c([2H])c([2H])c([2H])c([2H])c4c3C([2H])([2H])[C@@H]3C(=O)N(C)C([2H])([2H])C(=O)N23)c([2H])c2c1OC([2H])([2H])O2. The van der Waals surface area contributed by atoms with Gasteiger partial charge in [0.15, 0.2) is 11.5 Å². The first-order valence-electron chi connectivity index (χ1n) is 15.0. The number of aromatic amines is 1. The summed E-state index contributed by atoms with van der Waals surface area (Å²) in [5, 5.41) is -0.358. The van der Waals surface area contributed by atoms with Crippen LogP contribution in [0, 0.1) is 0 Å². The van der Waals surface area contributed by atoms with Crippen LogP contribution in [-0.2, 0) is 16.0 Å². The molecule has 0 radical (unpaired) electrons. The van der Waals surface area contributed by atoms with E-state index in [2.05, 4.69) is 4.98 Å². The van der Waals surface area contributed by atoms with E-state index in [0.29, 0.717) is 9.80 Å². The van der Waals surface area contributed by atoms with Gasteiger partial charge >= 0.3 is 0 Å². The molecule has 2 atom stereocenters. The van der Waals surface area contributed by atoms with Crippen molar-refractivity contribution in [1.82, 2.24) is 14.8 Å². The standard InChI is InChI=1S/C22H19N3O4/c1-24-10-19(26)25-16(22(24)27)9-14-13-4-2-3-5-15(13)23-20(14)21(25)12-6-7-17-18(8-12)29-11-28-17/h2-8,16,21,23H,9-11H2,1H3/t16-,21?/m1/s1/i2D,3D,4D,5D,6D,7D,8D,9D2,10D2,11D2. The molecule has 2 aromatic carbocycles. The number of carbonyl (C=O) groups excluding carboxylic acids is 2. The normalized spacial score (nSPS) is 34.4. The number of hydrogen-bond donors (Lipinski definition) is 1. The minimum Gasteiger partial charge on any atom is -0.454 e. The van der Waals surface area contributed by atoms with E-state index in [-0.39, 0.29) is 16.6 Å². The largest absolute Gasteiger partial charge is 0.454 e. The number of rotatable bonds is 1. The van der Waals surface area contributed by atoms with Crippen LogP contribution in [0.2, 0.25) is 0 Å². The first-order chi connectivity index (χ1) is 19.3. The highest BCUT2D eigenvalue weighted by Gasteiger charge is 2.47. The molecule has 1 saturated heterocycles. The van der Waals surface area contributed by atoms with Crippen molar-refractivity contribution in [2.45, 2.75) is 18.5 Å². The van der Waals surface area contributed by atoms with Crippen LogP contribution in [0.25, 0.3) is 10.9 Å². The summed E-state index contributed by atoms with van der Waals surface area (Å²) in [6.07, 6.45) is -2.90. The van der Waals surface area contributed by atoms with Gasteiger partial charge in [0.1, 0.15) is 8.78 Å². The fraction of sp³-hybridized carbons (Fsp3) is 0.273. The van der Waals surface area contributed by atoms with Crippen molar-refractivity contribution < 1.29 is 36.9 Å². The fourth-order valence-corrected chi connectivity index (χ4v) is 3.69. The Kier molecular flexibility index (Phi) is 1.61. The molecule has 0 saturated carbocycles. The summed E-state index contributed by atoms with van der Waals surface area (Å²) in [7, 11) is 0.954. The van der Waals surface area contributed by atoms with Crippen molar-refractivity contribution in [1.29, 1.82) is 0 Å². The number of carbonyl (C=O) groups is 2. The molecule has 7 heteroatoms. The fourth-order valence-electron chi connectivity index (χ4n) is 3.69. The summed E-state index contributed by atoms with van der Waals surface area (Å²) in [4.78, 5) is 31.0. The molecule has 2 amide bonds. The van der Waals surface area contributed by atoms with Crippen molar-refractivity contribution in [3.8, 4) is 11.5 Å². The zero-order chi connectivity index (χ0) is 31.2. The third kappa shape index (κ3) is 2.24. The van der Waals surface area contributed by atoms with E-state index in [9.17, 15) is 9.59 Å². The number of amides is 2. The van der Waals surface area contributed by atoms with Gasteiger partial charge in [0.05, 0.1) is 24.9 Å². The number of hydrogen-bond acceptors (Lipinski definition) is 4. The predicted molar refractivity (Wildman–Crippen MR) is 105 cm³/mol. The van der Waals surface area contributed by atoms with Gasteiger partial charge in [-0.15, -0.1) is 0 Å². The van der Waals surface area contributed by atoms with Crippen molar-refractivity contribution >= 4 is 22.7 Å². The third-order valence-corrected chi connectivity index (χ3v) is 4.97. The molecule has 3 aromatic rings. The maximum absolute atomic E-state index is 13.8. The number of nitrogens with one attached hydrogen (secondary N) is 1. The zero-order valence-electron chi connectivity index (χ0n) is 27.7. The van der Waals surface area contributed by atoms with Gasteiger partial charge in [-0.1, -0.05) is 24.2 Å². The molecule has 4 heterocycles. The predicted octanol–water partition coefficient (Wildman–Crippen LogP) is 2.21. The Bertz CT molecular complexity index is 1790. The molecular weight excluding hydrogens is 370 g/mol. The van der Waals surface area contributed by atoms with Gasteiger partial charge in [0, 0.05) is 32.8 Å². The molecule has 3 aliphatic rings. The maximum Gasteiger partial charge on any atom is 0.245 e. The number of H-pyrrole nitrogens is 1. The van der Waals surface area contributed by atoms with Crippen LogP contribution in [0.3, 0.4) is 0 Å². The minimum absolute atomic E-state index is 0.308. The monoisotopic (exact) mass is 402 g/mol. The Morgan fingerprint density at radius 2 is 2.00 bits per heavy atom. The summed E-state index contributed by atoms with van der Waals surface area (Å²) >= 11 is 0. The smallest absolute Gasteiger partial charge is 0.245 e. The number of para-hydroxylation sites is 1. The van der Waals surface area contributed by atoms with Crippen molar-refractivity contribution in [2.24, 2.45) is 0 Å². The quantitative estimate of drug-likeness (QED) is 0.677. The van der Waals surface area contributed by atoms with Gasteiger partial charge in [-0.05, 0) is 29.3 Å². The van der Waals surface area contributed by atoms with Gasteiger partial charge < -0.3 is 24.3 Å². The van der Waals surface area contributed by atoms with Gasteiger partial charge in [-0.2, -0.15) is 0 Å². The minimum atomic E-state index is -3.03. The maximum atomic E-state index is 13.8. The Morgan fingerprint density at radius 1 is 1.17 bits per heavy atom. The lowest BCUT2D eigenvalue weighted by molar-refractivity contribution is -0.157. The Morgan fingerprint density at radius 3 is 2.90 bits per heavy atom. The number of nitrogens with zero attached hydrogens (tertiary/aromatic N) is 2. The van der Waals surface area contributed by atoms with Crippen LogP contribution in [0.5, 0.6) is 11.5 Å². The molecule has 7 nitrogen and oxygen atoms in total. The van der Waals surface area contributed by atoms with E-state index in [0.717, 1.165) is 7.05 Å². The van der Waals surface area contributed by atoms with E-state index >= 15 is 0 Å². The first kappa shape index (κ1) is 8.10. The van der Waals surface area contributed by atoms with Crippen LogP contribution in [0.15, 0.2) is 42.3 Å². The number of fused-ring (bicyclic) bond motifs is 5. The van der Waals surface area contributed by atoms with E-state index < -0.39 is 108 Å². The lowest BCUT2D eigenvalue weighted by Gasteiger charge is -2.46. The summed E-state index contributed by atoms with van der Waals surface area (Å²) in [5.41, 5.74) is -1.75. The molecule has 1 fully saturated rings. The van der Waals surface area contributed by atoms with Crippen LogP contribution in [-0.4, -0.2) is 52.9 Å². The molecule has 29 heavy (non-hydrogen) atoms. The second-order valence-electron chi connectivity index (χ2n) is 6.57. The lowest BCUT2D eigenvalue weighted by Crippen LogP contribution is -2.62. The zero-order valence-corrected chi connectivity index (χ0v) is 14.7. The highest BCUT2D eigenvalue weighted by atomic mass is 16.7. The first-order valence-corrected chi connectivity index (χ1v) is 8.51. The molecule has 6 rings (SSSR count). The number of piperazine rings is 1. The van der Waals surface area contributed by atoms with Crippen LogP contribution in [0.1, 0.15) is 40.7 Å². The second kappa shape index (κ2) is 5.76. The molecule has 1 unspecified atom stereocenters. The van der Waals surface area contributed by atoms with E-state index in [4.69, 9.17) is 27.3 Å². The molecule has 0 spiro atoms. The molecule has 0 aliphatic carbocycles. The molecule has 3 aliphatic heterocycles. The van der Waals surface area contributed by atoms with E-state index in [1.165, 1.54) is 0 Å². The Hall–Kier alpha value is -3.48. The number of aromatic nitrogens is 1. The molecule has 0 bridgehead atoms. The third-order valence-electron chi connectivity index (χ3n) is 4.97. The Labute approximate surface area is 185 Å². The van der Waals surface area contributed by atoms with Gasteiger partial charge in [-0.3, -0.25) is 9.59 Å². The van der Waals surface area contributed by atoms with Crippen molar-refractivity contribution in [2.75, 3.05) is 20.3 Å². The Balaban J connectivity index is 1.79. The van der Waals surface area contributed by atoms with Crippen molar-refractivity contribution in [3.05, 3.63) is 59.1 Å². The summed E-state index contributed by atoms with van der Waals surface area (Å²) in [6, 6.07) is -9.08. The number of benzene rings is 2. The number of ether oxygens (including phenoxy) is 2. The van der Waals surface area contributed by atoms with E-state index in [1.54, 1.807) is 0 Å². The number of likely N-dealkylation sites (N-methyl/N-ethyl adjacent to an activating group) is 1. The van der Waals surface area contributed by atoms with Gasteiger partial charge in [0.25, 0.3) is 0 Å². The van der Waals surface area contributed by atoms with Crippen molar-refractivity contribution in [3.63, 3.8) is 0 Å². The molecular formula is C22H19N3O4. The topological polar surface area (TPSA) is 74.9 Å².